The normalized spacial score (nSPS) is 30.4. The van der Waals surface area contributed by atoms with E-state index in [2.05, 4.69) is 27.4 Å². The minimum atomic E-state index is -4.04. The fourth-order valence-corrected chi connectivity index (χ4v) is 8.28. The van der Waals surface area contributed by atoms with Gasteiger partial charge in [0.2, 0.25) is 0 Å². The van der Waals surface area contributed by atoms with Gasteiger partial charge in [-0.25, -0.2) is 0 Å². The van der Waals surface area contributed by atoms with Crippen molar-refractivity contribution in [2.45, 2.75) is 91.6 Å². The lowest BCUT2D eigenvalue weighted by Crippen LogP contribution is -2.57. The van der Waals surface area contributed by atoms with Crippen molar-refractivity contribution in [1.29, 1.82) is 0 Å². The highest BCUT2D eigenvalue weighted by molar-refractivity contribution is 7.86. The van der Waals surface area contributed by atoms with E-state index in [0.717, 1.165) is 24.8 Å². The summed E-state index contributed by atoms with van der Waals surface area (Å²) >= 11 is 0. The molecule has 2 saturated carbocycles. The summed E-state index contributed by atoms with van der Waals surface area (Å²) < 4.78 is 30.3. The lowest BCUT2D eigenvalue weighted by Gasteiger charge is -2.59. The Hall–Kier alpha value is -1.83. The number of carbonyl (C=O) groups is 2. The lowest BCUT2D eigenvalue weighted by atomic mass is 9.45. The summed E-state index contributed by atoms with van der Waals surface area (Å²) in [5.41, 5.74) is -0.383. The second kappa shape index (κ2) is 11.0. The van der Waals surface area contributed by atoms with Crippen LogP contribution in [-0.4, -0.2) is 37.8 Å². The van der Waals surface area contributed by atoms with Gasteiger partial charge in [0.25, 0.3) is 10.1 Å². The highest BCUT2D eigenvalue weighted by Crippen LogP contribution is 2.66. The molecular weight excluding hydrogens is 500 g/mol. The summed E-state index contributed by atoms with van der Waals surface area (Å²) in [6, 6.07) is 6.31. The van der Waals surface area contributed by atoms with E-state index in [1.165, 1.54) is 12.1 Å². The topological polar surface area (TPSA) is 97.7 Å². The number of aliphatic hydroxyl groups excluding tert-OH is 1. The van der Waals surface area contributed by atoms with E-state index in [9.17, 15) is 23.1 Å². The molecule has 7 atom stereocenters. The summed E-state index contributed by atoms with van der Waals surface area (Å²) in [4.78, 5) is 26.6. The van der Waals surface area contributed by atoms with E-state index in [4.69, 9.17) is 4.18 Å². The van der Waals surface area contributed by atoms with Crippen LogP contribution in [0.2, 0.25) is 0 Å². The van der Waals surface area contributed by atoms with Gasteiger partial charge in [-0.3, -0.25) is 13.8 Å². The molecule has 1 aromatic carbocycles. The molecular formula is C31H46O6S. The predicted octanol–water partition coefficient (Wildman–Crippen LogP) is 5.91. The number of ketones is 2. The van der Waals surface area contributed by atoms with Gasteiger partial charge < -0.3 is 5.11 Å². The molecule has 0 bridgehead atoms. The van der Waals surface area contributed by atoms with Crippen molar-refractivity contribution >= 4 is 21.7 Å². The number of hydrogen-bond donors (Lipinski definition) is 1. The maximum absolute atomic E-state index is 13.6. The largest absolute Gasteiger partial charge is 0.392 e. The standard InChI is InChI=1S/C31H46O6S/c1-9-29(6,7)28(34)23(5)31-16-14-21(3)30(8,27(31)26(33)15-17-31)22(4)18-24(32)19-37-38(35,36)25-12-10-20(2)11-13-25/h9-13,21-23,27-28,34H,1,14-19H2,2-8H3/t21-,22+,23+,27+,28+,30+,31+/m1/s1. The molecule has 1 aromatic rings. The van der Waals surface area contributed by atoms with E-state index in [1.54, 1.807) is 18.2 Å². The van der Waals surface area contributed by atoms with Crippen molar-refractivity contribution in [2.24, 2.45) is 39.9 Å². The van der Waals surface area contributed by atoms with Crippen molar-refractivity contribution in [3.8, 4) is 0 Å². The molecule has 38 heavy (non-hydrogen) atoms. The first-order valence-corrected chi connectivity index (χ1v) is 15.3. The van der Waals surface area contributed by atoms with Gasteiger partial charge in [-0.1, -0.05) is 65.3 Å². The van der Waals surface area contributed by atoms with Gasteiger partial charge in [0, 0.05) is 24.2 Å². The fourth-order valence-electron chi connectivity index (χ4n) is 7.39. The van der Waals surface area contributed by atoms with Gasteiger partial charge >= 0.3 is 0 Å². The molecule has 7 heteroatoms. The van der Waals surface area contributed by atoms with Crippen LogP contribution in [0.5, 0.6) is 0 Å². The Bertz CT molecular complexity index is 1150. The van der Waals surface area contributed by atoms with Gasteiger partial charge in [-0.2, -0.15) is 8.42 Å². The third-order valence-corrected chi connectivity index (χ3v) is 11.7. The van der Waals surface area contributed by atoms with Crippen LogP contribution >= 0.6 is 0 Å². The van der Waals surface area contributed by atoms with Crippen molar-refractivity contribution in [3.05, 3.63) is 42.5 Å². The van der Waals surface area contributed by atoms with Gasteiger partial charge in [0.05, 0.1) is 11.0 Å². The number of rotatable bonds is 11. The third-order valence-electron chi connectivity index (χ3n) is 10.4. The van der Waals surface area contributed by atoms with E-state index in [1.807, 2.05) is 27.7 Å². The zero-order chi connectivity index (χ0) is 28.7. The van der Waals surface area contributed by atoms with E-state index < -0.39 is 33.7 Å². The Morgan fingerprint density at radius 2 is 1.84 bits per heavy atom. The zero-order valence-corrected chi connectivity index (χ0v) is 24.9. The summed E-state index contributed by atoms with van der Waals surface area (Å²) in [5.74, 6) is -0.455. The number of fused-ring (bicyclic) bond motifs is 1. The van der Waals surface area contributed by atoms with Gasteiger partial charge in [-0.05, 0) is 66.9 Å². The highest BCUT2D eigenvalue weighted by Gasteiger charge is 2.64. The molecule has 2 aliphatic rings. The maximum atomic E-state index is 13.6. The van der Waals surface area contributed by atoms with Crippen LogP contribution < -0.4 is 0 Å². The number of carbonyl (C=O) groups excluding carboxylic acids is 2. The summed E-state index contributed by atoms with van der Waals surface area (Å²) in [7, 11) is -4.04. The average Bonchev–Trinajstić information content (AvgIpc) is 3.22. The van der Waals surface area contributed by atoms with Crippen LogP contribution in [0.3, 0.4) is 0 Å². The Morgan fingerprint density at radius 3 is 2.42 bits per heavy atom. The molecule has 0 unspecified atom stereocenters. The number of hydrogen-bond acceptors (Lipinski definition) is 6. The van der Waals surface area contributed by atoms with Crippen LogP contribution in [0.4, 0.5) is 0 Å². The molecule has 0 aliphatic heterocycles. The van der Waals surface area contributed by atoms with Crippen molar-refractivity contribution in [2.75, 3.05) is 6.61 Å². The molecule has 6 nitrogen and oxygen atoms in total. The SMILES string of the molecule is C=CC(C)(C)[C@@H](O)[C@H](C)[C@]12CCC(=O)[C@H]1[C@](C)([C@@H](C)CC(=O)COS(=O)(=O)c1ccc(C)cc1)[C@H](C)CC2. The Labute approximate surface area is 229 Å². The highest BCUT2D eigenvalue weighted by atomic mass is 32.2. The Balaban J connectivity index is 1.82. The van der Waals surface area contributed by atoms with Crippen LogP contribution in [-0.2, 0) is 23.9 Å². The van der Waals surface area contributed by atoms with E-state index >= 15 is 0 Å². The molecule has 212 valence electrons. The van der Waals surface area contributed by atoms with Crippen LogP contribution in [0.1, 0.15) is 79.2 Å². The summed E-state index contributed by atoms with van der Waals surface area (Å²) in [6.07, 6.45) is 4.25. The van der Waals surface area contributed by atoms with Crippen molar-refractivity contribution in [1.82, 2.24) is 0 Å². The number of aliphatic hydroxyl groups is 1. The molecule has 2 fully saturated rings. The first-order valence-electron chi connectivity index (χ1n) is 13.8. The first kappa shape index (κ1) is 30.7. The molecule has 0 heterocycles. The summed E-state index contributed by atoms with van der Waals surface area (Å²) in [5, 5.41) is 11.4. The molecule has 0 radical (unpaired) electrons. The minimum Gasteiger partial charge on any atom is -0.392 e. The van der Waals surface area contributed by atoms with Gasteiger partial charge in [-0.15, -0.1) is 6.58 Å². The quantitative estimate of drug-likeness (QED) is 0.274. The Kier molecular flexibility index (Phi) is 8.87. The second-order valence-electron chi connectivity index (χ2n) is 12.9. The van der Waals surface area contributed by atoms with Crippen LogP contribution in [0, 0.1) is 46.8 Å². The monoisotopic (exact) mass is 546 g/mol. The second-order valence-corrected chi connectivity index (χ2v) is 14.5. The van der Waals surface area contributed by atoms with E-state index in [0.29, 0.717) is 6.42 Å². The molecule has 0 saturated heterocycles. The summed E-state index contributed by atoms with van der Waals surface area (Å²) in [6.45, 7) is 17.5. The Morgan fingerprint density at radius 1 is 1.24 bits per heavy atom. The fraction of sp³-hybridized carbons (Fsp3) is 0.677. The van der Waals surface area contributed by atoms with E-state index in [-0.39, 0.29) is 52.0 Å². The molecule has 3 rings (SSSR count). The molecule has 2 aliphatic carbocycles. The smallest absolute Gasteiger partial charge is 0.297 e. The number of benzene rings is 1. The van der Waals surface area contributed by atoms with Crippen molar-refractivity contribution in [3.63, 3.8) is 0 Å². The van der Waals surface area contributed by atoms with Crippen LogP contribution in [0.25, 0.3) is 0 Å². The van der Waals surface area contributed by atoms with Gasteiger partial charge in [0.1, 0.15) is 12.4 Å². The molecule has 1 N–H and O–H groups in total. The minimum absolute atomic E-state index is 0.0214. The number of Topliss-reactive ketones (excluding diaryl/α,β-unsaturated/α-hetero) is 2. The average molecular weight is 547 g/mol. The molecule has 0 amide bonds. The molecule has 0 spiro atoms. The first-order chi connectivity index (χ1) is 17.5. The molecule has 0 aromatic heterocycles. The maximum Gasteiger partial charge on any atom is 0.297 e. The zero-order valence-electron chi connectivity index (χ0n) is 24.1. The third kappa shape index (κ3) is 5.44. The number of aryl methyl sites for hydroxylation is 1. The lowest BCUT2D eigenvalue weighted by molar-refractivity contribution is -0.156. The predicted molar refractivity (Wildman–Crippen MR) is 149 cm³/mol. The van der Waals surface area contributed by atoms with Crippen LogP contribution in [0.15, 0.2) is 41.8 Å². The van der Waals surface area contributed by atoms with Gasteiger partial charge in [0.15, 0.2) is 5.78 Å². The van der Waals surface area contributed by atoms with Crippen molar-refractivity contribution < 1.29 is 27.3 Å².